The molecule has 0 radical (unpaired) electrons. The number of hydrogen-bond acceptors (Lipinski definition) is 6. The number of nitrogens with one attached hydrogen (secondary N) is 2. The van der Waals surface area contributed by atoms with Crippen LogP contribution in [0.3, 0.4) is 0 Å². The van der Waals surface area contributed by atoms with E-state index in [0.717, 1.165) is 67.2 Å². The van der Waals surface area contributed by atoms with Crippen LogP contribution in [-0.4, -0.2) is 55.5 Å². The van der Waals surface area contributed by atoms with Gasteiger partial charge in [0, 0.05) is 49.2 Å². The van der Waals surface area contributed by atoms with Crippen molar-refractivity contribution in [3.63, 3.8) is 0 Å². The average molecular weight is 525 g/mol. The molecule has 0 spiro atoms. The molecule has 0 bridgehead atoms. The van der Waals surface area contributed by atoms with Gasteiger partial charge in [0.25, 0.3) is 11.5 Å². The molecule has 0 fully saturated rings. The number of fused-ring (bicyclic) bond motifs is 4. The molecule has 7 rings (SSSR count). The van der Waals surface area contributed by atoms with Crippen molar-refractivity contribution >= 4 is 23.1 Å². The van der Waals surface area contributed by atoms with Gasteiger partial charge >= 0.3 is 0 Å². The van der Waals surface area contributed by atoms with Gasteiger partial charge in [-0.3, -0.25) is 19.2 Å². The number of aryl methyl sites for hydroxylation is 1. The molecular formula is C29H32N8O2. The second-order valence-electron chi connectivity index (χ2n) is 10.9. The molecule has 0 atom stereocenters. The van der Waals surface area contributed by atoms with Gasteiger partial charge < -0.3 is 14.8 Å². The first-order valence-corrected chi connectivity index (χ1v) is 13.7. The van der Waals surface area contributed by atoms with E-state index >= 15 is 0 Å². The monoisotopic (exact) mass is 524 g/mol. The minimum atomic E-state index is -0.313. The number of benzene rings is 1. The van der Waals surface area contributed by atoms with Gasteiger partial charge in [-0.15, -0.1) is 0 Å². The summed E-state index contributed by atoms with van der Waals surface area (Å²) in [7, 11) is 2.09. The lowest BCUT2D eigenvalue weighted by Crippen LogP contribution is -2.41. The standard InChI is InChI=1S/C29H32N8O2/c1-18-21(22-16-23(28(38)32-31-22)30-27-15-20-17-34(2)10-13-37(20)33-27)7-5-9-24(18)36-12-11-35-25-8-4-3-6-19(25)14-26(35)29(36)39/h5,7,9,14-16H,3-4,6,8,10-13,17H2,1-2H3,(H,32,38)(H,30,31,33). The molecule has 0 unspecified atom stereocenters. The van der Waals surface area contributed by atoms with E-state index in [1.165, 1.54) is 24.1 Å². The molecule has 1 aromatic carbocycles. The number of aromatic nitrogens is 5. The SMILES string of the molecule is Cc1c(-c2cc(Nc3cc4n(n3)CCN(C)C4)c(=O)[nH]n2)cccc1N1CCn2c(cc3c2CCCC3)C1=O. The number of rotatable bonds is 4. The summed E-state index contributed by atoms with van der Waals surface area (Å²) >= 11 is 0. The molecule has 0 saturated heterocycles. The Hall–Kier alpha value is -4.18. The van der Waals surface area contributed by atoms with Gasteiger partial charge in [-0.05, 0) is 69.0 Å². The maximum atomic E-state index is 13.7. The third kappa shape index (κ3) is 4.06. The number of carbonyl (C=O) groups is 1. The molecule has 2 N–H and O–H groups in total. The van der Waals surface area contributed by atoms with E-state index in [2.05, 4.69) is 43.2 Å². The highest BCUT2D eigenvalue weighted by Crippen LogP contribution is 2.34. The van der Waals surface area contributed by atoms with Crippen LogP contribution in [0.4, 0.5) is 17.2 Å². The van der Waals surface area contributed by atoms with E-state index in [1.807, 2.05) is 40.8 Å². The quantitative estimate of drug-likeness (QED) is 0.424. The third-order valence-corrected chi connectivity index (χ3v) is 8.35. The van der Waals surface area contributed by atoms with Gasteiger partial charge in [-0.2, -0.15) is 10.2 Å². The summed E-state index contributed by atoms with van der Waals surface area (Å²) in [5.41, 5.74) is 7.96. The first-order chi connectivity index (χ1) is 19.0. The predicted octanol–water partition coefficient (Wildman–Crippen LogP) is 3.47. The molecule has 1 aliphatic carbocycles. The number of aromatic amines is 1. The molecule has 4 aromatic rings. The second kappa shape index (κ2) is 9.23. The first-order valence-electron chi connectivity index (χ1n) is 13.7. The Kier molecular flexibility index (Phi) is 5.66. The van der Waals surface area contributed by atoms with Crippen molar-refractivity contribution in [2.24, 2.45) is 0 Å². The lowest BCUT2D eigenvalue weighted by molar-refractivity contribution is 0.0964. The Morgan fingerprint density at radius 2 is 1.87 bits per heavy atom. The molecule has 2 aliphatic heterocycles. The van der Waals surface area contributed by atoms with Crippen molar-refractivity contribution in [1.82, 2.24) is 29.4 Å². The van der Waals surface area contributed by atoms with Crippen molar-refractivity contribution in [3.8, 4) is 11.3 Å². The minimum absolute atomic E-state index is 0.0436. The molecule has 5 heterocycles. The van der Waals surface area contributed by atoms with Crippen molar-refractivity contribution in [3.05, 3.63) is 75.0 Å². The Morgan fingerprint density at radius 1 is 1.00 bits per heavy atom. The lowest BCUT2D eigenvalue weighted by atomic mass is 9.98. The Bertz CT molecular complexity index is 1660. The number of nitrogens with zero attached hydrogens (tertiary/aromatic N) is 6. The number of hydrogen-bond donors (Lipinski definition) is 2. The fourth-order valence-electron chi connectivity index (χ4n) is 6.29. The van der Waals surface area contributed by atoms with E-state index in [9.17, 15) is 9.59 Å². The van der Waals surface area contributed by atoms with E-state index in [4.69, 9.17) is 0 Å². The van der Waals surface area contributed by atoms with Crippen LogP contribution in [-0.2, 0) is 32.5 Å². The van der Waals surface area contributed by atoms with Gasteiger partial charge in [0.1, 0.15) is 11.4 Å². The number of anilines is 3. The Morgan fingerprint density at radius 3 is 2.77 bits per heavy atom. The van der Waals surface area contributed by atoms with Crippen LogP contribution in [0.1, 0.15) is 45.8 Å². The smallest absolute Gasteiger partial charge is 0.287 e. The predicted molar refractivity (Wildman–Crippen MR) is 150 cm³/mol. The molecule has 3 aliphatic rings. The Labute approximate surface area is 226 Å². The summed E-state index contributed by atoms with van der Waals surface area (Å²) in [6.45, 7) is 6.02. The number of likely N-dealkylation sites (N-methyl/N-ethyl adjacent to an activating group) is 1. The van der Waals surface area contributed by atoms with Crippen LogP contribution in [0.15, 0.2) is 41.2 Å². The number of carbonyl (C=O) groups excluding carboxylic acids is 1. The first kappa shape index (κ1) is 23.9. The summed E-state index contributed by atoms with van der Waals surface area (Å²) in [5, 5.41) is 14.8. The molecule has 200 valence electrons. The summed E-state index contributed by atoms with van der Waals surface area (Å²) in [6, 6.07) is 11.8. The molecule has 1 amide bonds. The molecule has 0 saturated carbocycles. The topological polar surface area (TPSA) is 104 Å². The molecule has 10 nitrogen and oxygen atoms in total. The van der Waals surface area contributed by atoms with Crippen LogP contribution in [0, 0.1) is 6.92 Å². The highest BCUT2D eigenvalue weighted by Gasteiger charge is 2.31. The lowest BCUT2D eigenvalue weighted by Gasteiger charge is -2.31. The zero-order valence-corrected chi connectivity index (χ0v) is 22.3. The number of H-pyrrole nitrogens is 1. The zero-order chi connectivity index (χ0) is 26.7. The minimum Gasteiger partial charge on any atom is -0.339 e. The van der Waals surface area contributed by atoms with Gasteiger partial charge in [-0.1, -0.05) is 12.1 Å². The Balaban J connectivity index is 1.19. The van der Waals surface area contributed by atoms with Gasteiger partial charge in [0.2, 0.25) is 0 Å². The molecular weight excluding hydrogens is 492 g/mol. The van der Waals surface area contributed by atoms with Gasteiger partial charge in [0.15, 0.2) is 5.82 Å². The molecule has 10 heteroatoms. The van der Waals surface area contributed by atoms with E-state index in [0.29, 0.717) is 23.7 Å². The van der Waals surface area contributed by atoms with Crippen molar-refractivity contribution in [1.29, 1.82) is 0 Å². The van der Waals surface area contributed by atoms with Crippen LogP contribution in [0.2, 0.25) is 0 Å². The van der Waals surface area contributed by atoms with Crippen LogP contribution in [0.25, 0.3) is 11.3 Å². The highest BCUT2D eigenvalue weighted by molar-refractivity contribution is 6.07. The van der Waals surface area contributed by atoms with Crippen LogP contribution in [0.5, 0.6) is 0 Å². The molecule has 3 aromatic heterocycles. The fourth-order valence-corrected chi connectivity index (χ4v) is 6.29. The van der Waals surface area contributed by atoms with Crippen molar-refractivity contribution < 1.29 is 4.79 Å². The van der Waals surface area contributed by atoms with Gasteiger partial charge in [-0.25, -0.2) is 5.10 Å². The summed E-state index contributed by atoms with van der Waals surface area (Å²) in [5.74, 6) is 0.681. The van der Waals surface area contributed by atoms with Crippen LogP contribution < -0.4 is 15.8 Å². The van der Waals surface area contributed by atoms with E-state index < -0.39 is 0 Å². The zero-order valence-electron chi connectivity index (χ0n) is 22.3. The van der Waals surface area contributed by atoms with E-state index in [-0.39, 0.29) is 11.5 Å². The summed E-state index contributed by atoms with van der Waals surface area (Å²) < 4.78 is 4.22. The van der Waals surface area contributed by atoms with Crippen LogP contribution >= 0.6 is 0 Å². The number of amides is 1. The fraction of sp³-hybridized carbons (Fsp3) is 0.379. The van der Waals surface area contributed by atoms with Crippen molar-refractivity contribution in [2.45, 2.75) is 52.2 Å². The van der Waals surface area contributed by atoms with Gasteiger partial charge in [0.05, 0.1) is 17.9 Å². The van der Waals surface area contributed by atoms with Crippen molar-refractivity contribution in [2.75, 3.05) is 30.4 Å². The largest absolute Gasteiger partial charge is 0.339 e. The maximum Gasteiger partial charge on any atom is 0.287 e. The van der Waals surface area contributed by atoms with E-state index in [1.54, 1.807) is 6.07 Å². The summed E-state index contributed by atoms with van der Waals surface area (Å²) in [6.07, 6.45) is 4.51. The molecule has 39 heavy (non-hydrogen) atoms. The normalized spacial score (nSPS) is 17.1. The highest BCUT2D eigenvalue weighted by atomic mass is 16.2. The maximum absolute atomic E-state index is 13.7. The third-order valence-electron chi connectivity index (χ3n) is 8.35. The summed E-state index contributed by atoms with van der Waals surface area (Å²) in [4.78, 5) is 30.5. The second-order valence-corrected chi connectivity index (χ2v) is 10.9. The average Bonchev–Trinajstić information content (AvgIpc) is 3.52.